The van der Waals surface area contributed by atoms with Crippen LogP contribution in [-0.2, 0) is 17.9 Å². The molecule has 0 radical (unpaired) electrons. The van der Waals surface area contributed by atoms with Crippen LogP contribution in [0.4, 0.5) is 0 Å². The van der Waals surface area contributed by atoms with Crippen LogP contribution in [0.1, 0.15) is 29.2 Å². The van der Waals surface area contributed by atoms with Gasteiger partial charge in [-0.05, 0) is 19.4 Å². The number of nitrogens with one attached hydrogen (secondary N) is 1. The number of amides is 1. The van der Waals surface area contributed by atoms with E-state index in [0.717, 1.165) is 11.1 Å². The van der Waals surface area contributed by atoms with Crippen molar-refractivity contribution in [1.29, 1.82) is 0 Å². The van der Waals surface area contributed by atoms with Crippen molar-refractivity contribution in [3.63, 3.8) is 0 Å². The standard InChI is InChI=1S/C24H25N7O3S/c1-15-4-3-5-17(8-15)12-29-14-27-21-19(23(29)34)11-28-30(21)7-6-25-20(32)9-18-13-35-24-26-10-16(2)22(33)31(18)24/h3-5,8,10-11,14,18H,6-7,9,12-13H2,1-2H3,(H,25,32). The fraction of sp³-hybridized carbons (Fsp3) is 0.333. The SMILES string of the molecule is Cc1cccc(Cn2cnc3c(cnn3CCNC(=O)CC3CSc4ncc(C)c(=O)n43)c2=O)c1. The second-order valence-electron chi connectivity index (χ2n) is 8.69. The second-order valence-corrected chi connectivity index (χ2v) is 9.68. The van der Waals surface area contributed by atoms with E-state index >= 15 is 0 Å². The molecule has 4 heterocycles. The molecule has 1 aliphatic rings. The molecule has 0 saturated carbocycles. The first-order valence-corrected chi connectivity index (χ1v) is 12.3. The molecule has 0 aliphatic carbocycles. The average Bonchev–Trinajstić information content (AvgIpc) is 3.43. The van der Waals surface area contributed by atoms with E-state index in [4.69, 9.17) is 0 Å². The lowest BCUT2D eigenvalue weighted by molar-refractivity contribution is -0.121. The Balaban J connectivity index is 1.22. The minimum atomic E-state index is -0.214. The Morgan fingerprint density at radius 1 is 1.17 bits per heavy atom. The Labute approximate surface area is 205 Å². The quantitative estimate of drug-likeness (QED) is 0.391. The number of aromatic nitrogens is 6. The molecule has 1 aliphatic heterocycles. The van der Waals surface area contributed by atoms with Crippen molar-refractivity contribution in [2.45, 2.75) is 44.6 Å². The van der Waals surface area contributed by atoms with Crippen molar-refractivity contribution in [3.8, 4) is 0 Å². The van der Waals surface area contributed by atoms with Gasteiger partial charge in [-0.15, -0.1) is 0 Å². The van der Waals surface area contributed by atoms with E-state index in [2.05, 4.69) is 20.4 Å². The van der Waals surface area contributed by atoms with Gasteiger partial charge < -0.3 is 5.32 Å². The Kier molecular flexibility index (Phi) is 6.25. The Morgan fingerprint density at radius 3 is 2.86 bits per heavy atom. The summed E-state index contributed by atoms with van der Waals surface area (Å²) in [6, 6.07) is 7.79. The number of aryl methyl sites for hydroxylation is 2. The van der Waals surface area contributed by atoms with E-state index in [-0.39, 0.29) is 29.5 Å². The molecule has 1 unspecified atom stereocenters. The maximum absolute atomic E-state index is 12.9. The lowest BCUT2D eigenvalue weighted by atomic mass is 10.1. The largest absolute Gasteiger partial charge is 0.354 e. The Hall–Kier alpha value is -3.73. The number of hydrogen-bond acceptors (Lipinski definition) is 7. The summed E-state index contributed by atoms with van der Waals surface area (Å²) >= 11 is 1.49. The molecule has 4 aromatic rings. The van der Waals surface area contributed by atoms with E-state index in [0.29, 0.717) is 47.1 Å². The molecule has 3 aromatic heterocycles. The topological polar surface area (TPSA) is 117 Å². The second kappa shape index (κ2) is 9.49. The normalized spacial score (nSPS) is 14.9. The highest BCUT2D eigenvalue weighted by molar-refractivity contribution is 7.99. The zero-order chi connectivity index (χ0) is 24.5. The van der Waals surface area contributed by atoms with Crippen LogP contribution in [0, 0.1) is 13.8 Å². The molecule has 0 saturated heterocycles. The van der Waals surface area contributed by atoms with Gasteiger partial charge in [0.25, 0.3) is 11.1 Å². The molecule has 11 heteroatoms. The van der Waals surface area contributed by atoms with Gasteiger partial charge in [0.2, 0.25) is 5.91 Å². The van der Waals surface area contributed by atoms with Gasteiger partial charge >= 0.3 is 0 Å². The number of thioether (sulfide) groups is 1. The highest BCUT2D eigenvalue weighted by atomic mass is 32.2. The van der Waals surface area contributed by atoms with Gasteiger partial charge in [-0.3, -0.25) is 23.5 Å². The molecule has 1 amide bonds. The number of rotatable bonds is 7. The first kappa shape index (κ1) is 23.0. The van der Waals surface area contributed by atoms with Crippen LogP contribution in [0.3, 0.4) is 0 Å². The van der Waals surface area contributed by atoms with Crippen LogP contribution in [0.5, 0.6) is 0 Å². The van der Waals surface area contributed by atoms with Crippen molar-refractivity contribution in [3.05, 3.63) is 80.4 Å². The maximum Gasteiger partial charge on any atom is 0.264 e. The summed E-state index contributed by atoms with van der Waals surface area (Å²) in [6.45, 7) is 4.88. The fourth-order valence-corrected chi connectivity index (χ4v) is 5.35. The smallest absolute Gasteiger partial charge is 0.264 e. The minimum Gasteiger partial charge on any atom is -0.354 e. The number of nitrogens with zero attached hydrogens (tertiary/aromatic N) is 6. The highest BCUT2D eigenvalue weighted by Crippen LogP contribution is 2.31. The van der Waals surface area contributed by atoms with E-state index in [1.807, 2.05) is 31.2 Å². The van der Waals surface area contributed by atoms with Gasteiger partial charge in [0.15, 0.2) is 10.8 Å². The molecule has 180 valence electrons. The predicted octanol–water partition coefficient (Wildman–Crippen LogP) is 1.67. The number of carbonyl (C=O) groups is 1. The van der Waals surface area contributed by atoms with Crippen LogP contribution < -0.4 is 16.4 Å². The maximum atomic E-state index is 12.9. The van der Waals surface area contributed by atoms with Crippen molar-refractivity contribution in [1.82, 2.24) is 34.2 Å². The first-order chi connectivity index (χ1) is 16.9. The minimum absolute atomic E-state index is 0.0973. The van der Waals surface area contributed by atoms with E-state index in [9.17, 15) is 14.4 Å². The molecule has 0 fully saturated rings. The highest BCUT2D eigenvalue weighted by Gasteiger charge is 2.27. The van der Waals surface area contributed by atoms with E-state index in [1.54, 1.807) is 26.9 Å². The molecular formula is C24H25N7O3S. The monoisotopic (exact) mass is 491 g/mol. The molecule has 5 rings (SSSR count). The van der Waals surface area contributed by atoms with Crippen LogP contribution in [0.2, 0.25) is 0 Å². The third-order valence-electron chi connectivity index (χ3n) is 6.03. The predicted molar refractivity (Wildman–Crippen MR) is 133 cm³/mol. The lowest BCUT2D eigenvalue weighted by Crippen LogP contribution is -2.33. The first-order valence-electron chi connectivity index (χ1n) is 11.3. The van der Waals surface area contributed by atoms with Gasteiger partial charge in [-0.25, -0.2) is 14.6 Å². The summed E-state index contributed by atoms with van der Waals surface area (Å²) in [5.74, 6) is 0.489. The van der Waals surface area contributed by atoms with Gasteiger partial charge in [-0.1, -0.05) is 41.6 Å². The molecule has 1 N–H and O–H groups in total. The summed E-state index contributed by atoms with van der Waals surface area (Å²) in [6.07, 6.45) is 4.83. The summed E-state index contributed by atoms with van der Waals surface area (Å²) < 4.78 is 4.81. The number of carbonyl (C=O) groups excluding carboxylic acids is 1. The molecule has 0 bridgehead atoms. The summed E-state index contributed by atoms with van der Waals surface area (Å²) in [5.41, 5.74) is 2.96. The Bertz CT molecular complexity index is 1540. The van der Waals surface area contributed by atoms with E-state index < -0.39 is 0 Å². The molecule has 0 spiro atoms. The van der Waals surface area contributed by atoms with Crippen LogP contribution in [0.15, 0.2) is 57.7 Å². The molecule has 35 heavy (non-hydrogen) atoms. The molecular weight excluding hydrogens is 466 g/mol. The molecule has 1 aromatic carbocycles. The van der Waals surface area contributed by atoms with Crippen molar-refractivity contribution in [2.24, 2.45) is 0 Å². The van der Waals surface area contributed by atoms with Crippen molar-refractivity contribution >= 4 is 28.7 Å². The van der Waals surface area contributed by atoms with Crippen LogP contribution in [-0.4, -0.2) is 47.1 Å². The molecule has 1 atom stereocenters. The lowest BCUT2D eigenvalue weighted by Gasteiger charge is -2.13. The Morgan fingerprint density at radius 2 is 2.03 bits per heavy atom. The summed E-state index contributed by atoms with van der Waals surface area (Å²) in [5, 5.41) is 8.28. The third kappa shape index (κ3) is 4.63. The number of fused-ring (bicyclic) bond motifs is 2. The molecule has 10 nitrogen and oxygen atoms in total. The van der Waals surface area contributed by atoms with Crippen molar-refractivity contribution < 1.29 is 4.79 Å². The summed E-state index contributed by atoms with van der Waals surface area (Å²) in [4.78, 5) is 46.6. The fourth-order valence-electron chi connectivity index (χ4n) is 4.24. The number of benzene rings is 1. The van der Waals surface area contributed by atoms with Gasteiger partial charge in [0.1, 0.15) is 11.7 Å². The zero-order valence-corrected chi connectivity index (χ0v) is 20.3. The summed E-state index contributed by atoms with van der Waals surface area (Å²) in [7, 11) is 0. The van der Waals surface area contributed by atoms with E-state index in [1.165, 1.54) is 24.3 Å². The van der Waals surface area contributed by atoms with Gasteiger partial charge in [-0.2, -0.15) is 5.10 Å². The zero-order valence-electron chi connectivity index (χ0n) is 19.5. The average molecular weight is 492 g/mol. The van der Waals surface area contributed by atoms with Gasteiger partial charge in [0, 0.05) is 30.5 Å². The van der Waals surface area contributed by atoms with Gasteiger partial charge in [0.05, 0.1) is 25.3 Å². The van der Waals surface area contributed by atoms with Crippen LogP contribution in [0.25, 0.3) is 11.0 Å². The van der Waals surface area contributed by atoms with Crippen LogP contribution >= 0.6 is 11.8 Å². The van der Waals surface area contributed by atoms with Crippen molar-refractivity contribution in [2.75, 3.05) is 12.3 Å². The number of hydrogen-bond donors (Lipinski definition) is 1. The third-order valence-corrected chi connectivity index (χ3v) is 7.14.